The van der Waals surface area contributed by atoms with Crippen LogP contribution in [0.15, 0.2) is 58.3 Å². The summed E-state index contributed by atoms with van der Waals surface area (Å²) >= 11 is 0. The zero-order chi connectivity index (χ0) is 13.2. The van der Waals surface area contributed by atoms with Gasteiger partial charge >= 0.3 is 0 Å². The summed E-state index contributed by atoms with van der Waals surface area (Å²) in [4.78, 5) is 0.346. The molecule has 0 aliphatic heterocycles. The van der Waals surface area contributed by atoms with Crippen LogP contribution in [0.4, 0.5) is 5.69 Å². The molecule has 0 radical (unpaired) electrons. The van der Waals surface area contributed by atoms with Crippen molar-refractivity contribution in [2.75, 3.05) is 12.8 Å². The molecule has 0 bridgehead atoms. The number of rotatable bonds is 3. The van der Waals surface area contributed by atoms with E-state index in [1.807, 2.05) is 0 Å². The first-order valence-corrected chi connectivity index (χ1v) is 6.77. The molecular formula is C13H13NO3S. The fourth-order valence-corrected chi connectivity index (χ4v) is 3.06. The van der Waals surface area contributed by atoms with Gasteiger partial charge in [0.2, 0.25) is 9.84 Å². The van der Waals surface area contributed by atoms with Crippen molar-refractivity contribution in [3.8, 4) is 5.75 Å². The van der Waals surface area contributed by atoms with Crippen LogP contribution in [0.25, 0.3) is 0 Å². The molecule has 0 amide bonds. The Bertz CT molecular complexity index is 651. The number of nitrogen functional groups attached to an aromatic ring is 1. The van der Waals surface area contributed by atoms with E-state index < -0.39 is 9.84 Å². The molecule has 0 saturated heterocycles. The number of nitrogens with two attached hydrogens (primary N) is 1. The molecule has 0 aromatic heterocycles. The van der Waals surface area contributed by atoms with Gasteiger partial charge in [0.05, 0.1) is 12.0 Å². The summed E-state index contributed by atoms with van der Waals surface area (Å²) in [6.45, 7) is 0. The summed E-state index contributed by atoms with van der Waals surface area (Å²) in [5.74, 6) is 0.249. The molecule has 0 aliphatic rings. The maximum atomic E-state index is 12.4. The summed E-state index contributed by atoms with van der Waals surface area (Å²) in [6, 6.07) is 12.7. The van der Waals surface area contributed by atoms with E-state index in [1.54, 1.807) is 36.4 Å². The van der Waals surface area contributed by atoms with Gasteiger partial charge in [-0.2, -0.15) is 0 Å². The molecule has 0 aliphatic carbocycles. The second-order valence-corrected chi connectivity index (χ2v) is 5.64. The third-order valence-corrected chi connectivity index (χ3v) is 4.34. The van der Waals surface area contributed by atoms with Gasteiger partial charge in [-0.05, 0) is 24.3 Å². The average Bonchev–Trinajstić information content (AvgIpc) is 2.39. The fraction of sp³-hybridized carbons (Fsp3) is 0.0769. The molecule has 0 atom stereocenters. The SMILES string of the molecule is COc1cc(N)ccc1S(=O)(=O)c1ccccc1. The molecule has 2 N–H and O–H groups in total. The van der Waals surface area contributed by atoms with Crippen LogP contribution in [0, 0.1) is 0 Å². The number of hydrogen-bond donors (Lipinski definition) is 1. The highest BCUT2D eigenvalue weighted by Crippen LogP contribution is 2.30. The zero-order valence-electron chi connectivity index (χ0n) is 9.83. The second-order valence-electron chi connectivity index (χ2n) is 3.73. The van der Waals surface area contributed by atoms with Crippen LogP contribution >= 0.6 is 0 Å². The second kappa shape index (κ2) is 4.70. The fourth-order valence-electron chi connectivity index (χ4n) is 1.63. The Morgan fingerprint density at radius 3 is 2.33 bits per heavy atom. The number of anilines is 1. The van der Waals surface area contributed by atoms with E-state index in [1.165, 1.54) is 19.2 Å². The van der Waals surface area contributed by atoms with Crippen LogP contribution in [0.3, 0.4) is 0 Å². The minimum Gasteiger partial charge on any atom is -0.495 e. The molecule has 4 nitrogen and oxygen atoms in total. The van der Waals surface area contributed by atoms with E-state index in [0.717, 1.165) is 0 Å². The van der Waals surface area contributed by atoms with Crippen molar-refractivity contribution < 1.29 is 13.2 Å². The summed E-state index contributed by atoms with van der Waals surface area (Å²) < 4.78 is 29.9. The molecule has 94 valence electrons. The Kier molecular flexibility index (Phi) is 3.25. The van der Waals surface area contributed by atoms with Gasteiger partial charge in [-0.15, -0.1) is 0 Å². The lowest BCUT2D eigenvalue weighted by molar-refractivity contribution is 0.403. The summed E-state index contributed by atoms with van der Waals surface area (Å²) in [7, 11) is -2.16. The van der Waals surface area contributed by atoms with E-state index in [0.29, 0.717) is 5.69 Å². The molecule has 0 fully saturated rings. The van der Waals surface area contributed by atoms with Crippen LogP contribution in [0.2, 0.25) is 0 Å². The van der Waals surface area contributed by atoms with Gasteiger partial charge in [0.15, 0.2) is 0 Å². The van der Waals surface area contributed by atoms with Gasteiger partial charge in [-0.1, -0.05) is 18.2 Å². The minimum absolute atomic E-state index is 0.116. The molecule has 2 aromatic carbocycles. The maximum absolute atomic E-state index is 12.4. The van der Waals surface area contributed by atoms with Gasteiger partial charge in [0, 0.05) is 11.8 Å². The monoisotopic (exact) mass is 263 g/mol. The number of hydrogen-bond acceptors (Lipinski definition) is 4. The molecule has 18 heavy (non-hydrogen) atoms. The molecule has 0 saturated carbocycles. The van der Waals surface area contributed by atoms with Gasteiger partial charge in [-0.3, -0.25) is 0 Å². The van der Waals surface area contributed by atoms with E-state index in [9.17, 15) is 8.42 Å². The lowest BCUT2D eigenvalue weighted by Crippen LogP contribution is -2.04. The summed E-state index contributed by atoms with van der Waals surface area (Å²) in [5.41, 5.74) is 6.07. The zero-order valence-corrected chi connectivity index (χ0v) is 10.6. The number of benzene rings is 2. The van der Waals surface area contributed by atoms with Crippen LogP contribution in [0.1, 0.15) is 0 Å². The third kappa shape index (κ3) is 2.17. The van der Waals surface area contributed by atoms with Gasteiger partial charge in [0.1, 0.15) is 10.6 Å². The van der Waals surface area contributed by atoms with E-state index >= 15 is 0 Å². The van der Waals surface area contributed by atoms with E-state index in [4.69, 9.17) is 10.5 Å². The minimum atomic E-state index is -3.58. The predicted octanol–water partition coefficient (Wildman–Crippen LogP) is 2.11. The molecule has 5 heteroatoms. The predicted molar refractivity (Wildman–Crippen MR) is 69.3 cm³/mol. The quantitative estimate of drug-likeness (QED) is 0.861. The Labute approximate surface area is 106 Å². The lowest BCUT2D eigenvalue weighted by atomic mass is 10.3. The standard InChI is InChI=1S/C13H13NO3S/c1-17-12-9-10(14)7-8-13(12)18(15,16)11-5-3-2-4-6-11/h2-9H,14H2,1H3. The van der Waals surface area contributed by atoms with Crippen molar-refractivity contribution in [2.45, 2.75) is 9.79 Å². The van der Waals surface area contributed by atoms with E-state index in [-0.39, 0.29) is 15.5 Å². The van der Waals surface area contributed by atoms with Crippen LogP contribution in [-0.4, -0.2) is 15.5 Å². The van der Waals surface area contributed by atoms with Crippen molar-refractivity contribution in [2.24, 2.45) is 0 Å². The highest BCUT2D eigenvalue weighted by atomic mass is 32.2. The molecule has 0 unspecified atom stereocenters. The topological polar surface area (TPSA) is 69.4 Å². The van der Waals surface area contributed by atoms with Crippen molar-refractivity contribution >= 4 is 15.5 Å². The number of ether oxygens (including phenoxy) is 1. The van der Waals surface area contributed by atoms with Crippen molar-refractivity contribution in [1.82, 2.24) is 0 Å². The smallest absolute Gasteiger partial charge is 0.210 e. The normalized spacial score (nSPS) is 11.2. The Balaban J connectivity index is 2.62. The first-order chi connectivity index (χ1) is 8.55. The average molecular weight is 263 g/mol. The summed E-state index contributed by atoms with van der Waals surface area (Å²) in [6.07, 6.45) is 0. The highest BCUT2D eigenvalue weighted by molar-refractivity contribution is 7.91. The van der Waals surface area contributed by atoms with Crippen LogP contribution in [0.5, 0.6) is 5.75 Å². The molecular weight excluding hydrogens is 250 g/mol. The van der Waals surface area contributed by atoms with Crippen molar-refractivity contribution in [3.05, 3.63) is 48.5 Å². The van der Waals surface area contributed by atoms with Crippen molar-refractivity contribution in [1.29, 1.82) is 0 Å². The van der Waals surface area contributed by atoms with Crippen LogP contribution < -0.4 is 10.5 Å². The first-order valence-electron chi connectivity index (χ1n) is 5.29. The Morgan fingerprint density at radius 2 is 1.72 bits per heavy atom. The lowest BCUT2D eigenvalue weighted by Gasteiger charge is -2.10. The van der Waals surface area contributed by atoms with Crippen LogP contribution in [-0.2, 0) is 9.84 Å². The Hall–Kier alpha value is -2.01. The molecule has 0 heterocycles. The highest BCUT2D eigenvalue weighted by Gasteiger charge is 2.21. The number of sulfone groups is 1. The molecule has 2 rings (SSSR count). The summed E-state index contributed by atoms with van der Waals surface area (Å²) in [5, 5.41) is 0. The maximum Gasteiger partial charge on any atom is 0.210 e. The van der Waals surface area contributed by atoms with Gasteiger partial charge in [-0.25, -0.2) is 8.42 Å². The van der Waals surface area contributed by atoms with Gasteiger partial charge in [0.25, 0.3) is 0 Å². The third-order valence-electron chi connectivity index (χ3n) is 2.53. The largest absolute Gasteiger partial charge is 0.495 e. The van der Waals surface area contributed by atoms with Gasteiger partial charge < -0.3 is 10.5 Å². The molecule has 2 aromatic rings. The molecule has 0 spiro atoms. The first kappa shape index (κ1) is 12.4. The van der Waals surface area contributed by atoms with Crippen molar-refractivity contribution in [3.63, 3.8) is 0 Å². The Morgan fingerprint density at radius 1 is 1.06 bits per heavy atom. The number of methoxy groups -OCH3 is 1. The van der Waals surface area contributed by atoms with E-state index in [2.05, 4.69) is 0 Å².